The first-order valence-electron chi connectivity index (χ1n) is 4.96. The third kappa shape index (κ3) is 2.84. The monoisotopic (exact) mass is 289 g/mol. The minimum atomic E-state index is -0.912. The molecule has 0 amide bonds. The molecule has 88 valence electrons. The molecule has 0 radical (unpaired) electrons. The Morgan fingerprint density at radius 2 is 2.44 bits per heavy atom. The summed E-state index contributed by atoms with van der Waals surface area (Å²) in [4.78, 5) is 12.8. The van der Waals surface area contributed by atoms with Crippen molar-refractivity contribution in [1.29, 1.82) is 0 Å². The SMILES string of the molecule is O=C(O)C1CN(Cc2ccc(Br)o2)CCO1. The lowest BCUT2D eigenvalue weighted by molar-refractivity contribution is -0.156. The number of halogens is 1. The van der Waals surface area contributed by atoms with E-state index in [2.05, 4.69) is 15.9 Å². The molecule has 0 aliphatic carbocycles. The Balaban J connectivity index is 1.92. The molecule has 1 aromatic heterocycles. The van der Waals surface area contributed by atoms with Gasteiger partial charge in [0, 0.05) is 13.1 Å². The number of morpholine rings is 1. The van der Waals surface area contributed by atoms with Crippen LogP contribution in [0.1, 0.15) is 5.76 Å². The molecule has 1 aliphatic heterocycles. The average molecular weight is 290 g/mol. The van der Waals surface area contributed by atoms with Crippen molar-refractivity contribution in [2.75, 3.05) is 19.7 Å². The summed E-state index contributed by atoms with van der Waals surface area (Å²) in [5.74, 6) is -0.0942. The van der Waals surface area contributed by atoms with E-state index in [1.54, 1.807) is 0 Å². The Bertz CT molecular complexity index is 379. The van der Waals surface area contributed by atoms with Gasteiger partial charge in [0.2, 0.25) is 0 Å². The van der Waals surface area contributed by atoms with Crippen LogP contribution in [0.25, 0.3) is 0 Å². The minimum absolute atomic E-state index is 0.396. The maximum atomic E-state index is 10.8. The van der Waals surface area contributed by atoms with Crippen molar-refractivity contribution in [3.05, 3.63) is 22.6 Å². The lowest BCUT2D eigenvalue weighted by Gasteiger charge is -2.29. The van der Waals surface area contributed by atoms with Gasteiger partial charge in [-0.05, 0) is 28.1 Å². The summed E-state index contributed by atoms with van der Waals surface area (Å²) in [6.07, 6.45) is -0.729. The largest absolute Gasteiger partial charge is 0.479 e. The zero-order valence-corrected chi connectivity index (χ0v) is 10.1. The number of nitrogens with zero attached hydrogens (tertiary/aromatic N) is 1. The number of carboxylic acids is 1. The molecule has 1 atom stereocenters. The number of hydrogen-bond donors (Lipinski definition) is 1. The lowest BCUT2D eigenvalue weighted by Crippen LogP contribution is -2.45. The van der Waals surface area contributed by atoms with Crippen molar-refractivity contribution < 1.29 is 19.1 Å². The van der Waals surface area contributed by atoms with E-state index in [1.807, 2.05) is 17.0 Å². The third-order valence-electron chi connectivity index (χ3n) is 2.43. The van der Waals surface area contributed by atoms with Gasteiger partial charge in [0.15, 0.2) is 10.8 Å². The quantitative estimate of drug-likeness (QED) is 0.910. The van der Waals surface area contributed by atoms with Crippen molar-refractivity contribution in [3.63, 3.8) is 0 Å². The standard InChI is InChI=1S/C10H12BrNO4/c11-9-2-1-7(16-9)5-12-3-4-15-8(6-12)10(13)14/h1-2,8H,3-6H2,(H,13,14). The maximum Gasteiger partial charge on any atom is 0.334 e. The Morgan fingerprint density at radius 3 is 3.06 bits per heavy atom. The van der Waals surface area contributed by atoms with E-state index in [1.165, 1.54) is 0 Å². The summed E-state index contributed by atoms with van der Waals surface area (Å²) in [5.41, 5.74) is 0. The Morgan fingerprint density at radius 1 is 1.62 bits per heavy atom. The number of aliphatic carboxylic acids is 1. The van der Waals surface area contributed by atoms with Crippen LogP contribution in [-0.2, 0) is 16.1 Å². The first-order valence-corrected chi connectivity index (χ1v) is 5.75. The first kappa shape index (κ1) is 11.6. The Kier molecular flexibility index (Phi) is 3.63. The highest BCUT2D eigenvalue weighted by molar-refractivity contribution is 9.10. The fourth-order valence-corrected chi connectivity index (χ4v) is 1.99. The topological polar surface area (TPSA) is 62.9 Å². The van der Waals surface area contributed by atoms with E-state index >= 15 is 0 Å². The second-order valence-corrected chi connectivity index (χ2v) is 4.42. The lowest BCUT2D eigenvalue weighted by atomic mass is 10.2. The van der Waals surface area contributed by atoms with Crippen LogP contribution >= 0.6 is 15.9 Å². The van der Waals surface area contributed by atoms with Crippen LogP contribution in [0.3, 0.4) is 0 Å². The minimum Gasteiger partial charge on any atom is -0.479 e. The van der Waals surface area contributed by atoms with Crippen molar-refractivity contribution in [1.82, 2.24) is 4.90 Å². The van der Waals surface area contributed by atoms with Gasteiger partial charge in [-0.2, -0.15) is 0 Å². The molecular formula is C10H12BrNO4. The Hall–Kier alpha value is -0.850. The summed E-state index contributed by atoms with van der Waals surface area (Å²) in [6.45, 7) is 2.17. The van der Waals surface area contributed by atoms with Crippen LogP contribution in [-0.4, -0.2) is 41.8 Å². The molecular weight excluding hydrogens is 278 g/mol. The van der Waals surface area contributed by atoms with Gasteiger partial charge >= 0.3 is 5.97 Å². The van der Waals surface area contributed by atoms with Crippen molar-refractivity contribution >= 4 is 21.9 Å². The second kappa shape index (κ2) is 4.99. The fraction of sp³-hybridized carbons (Fsp3) is 0.500. The van der Waals surface area contributed by atoms with E-state index < -0.39 is 12.1 Å². The number of hydrogen-bond acceptors (Lipinski definition) is 4. The molecule has 1 aliphatic rings. The highest BCUT2D eigenvalue weighted by atomic mass is 79.9. The van der Waals surface area contributed by atoms with Gasteiger partial charge in [-0.15, -0.1) is 0 Å². The van der Waals surface area contributed by atoms with Crippen molar-refractivity contribution in [3.8, 4) is 0 Å². The molecule has 5 nitrogen and oxygen atoms in total. The van der Waals surface area contributed by atoms with Gasteiger partial charge in [0.25, 0.3) is 0 Å². The molecule has 1 aromatic rings. The van der Waals surface area contributed by atoms with Gasteiger partial charge in [0.05, 0.1) is 13.2 Å². The van der Waals surface area contributed by atoms with Gasteiger partial charge in [-0.1, -0.05) is 0 Å². The zero-order valence-electron chi connectivity index (χ0n) is 8.56. The normalized spacial score (nSPS) is 22.2. The molecule has 0 aromatic carbocycles. The third-order valence-corrected chi connectivity index (χ3v) is 2.86. The van der Waals surface area contributed by atoms with E-state index in [0.717, 1.165) is 12.3 Å². The molecule has 2 rings (SSSR count). The predicted octanol–water partition coefficient (Wildman–Crippen LogP) is 1.33. The van der Waals surface area contributed by atoms with Gasteiger partial charge in [-0.25, -0.2) is 4.79 Å². The van der Waals surface area contributed by atoms with Crippen LogP contribution in [0, 0.1) is 0 Å². The van der Waals surface area contributed by atoms with Crippen LogP contribution in [0.2, 0.25) is 0 Å². The zero-order chi connectivity index (χ0) is 11.5. The molecule has 1 unspecified atom stereocenters. The van der Waals surface area contributed by atoms with E-state index in [4.69, 9.17) is 14.3 Å². The van der Waals surface area contributed by atoms with Gasteiger partial charge in [-0.3, -0.25) is 4.90 Å². The first-order chi connectivity index (χ1) is 7.65. The Labute approximate surface area is 101 Å². The molecule has 16 heavy (non-hydrogen) atoms. The molecule has 0 spiro atoms. The molecule has 2 heterocycles. The summed E-state index contributed by atoms with van der Waals surface area (Å²) in [6, 6.07) is 3.69. The number of ether oxygens (including phenoxy) is 1. The second-order valence-electron chi connectivity index (χ2n) is 3.64. The predicted molar refractivity (Wildman–Crippen MR) is 59.1 cm³/mol. The van der Waals surface area contributed by atoms with Crippen LogP contribution in [0.4, 0.5) is 0 Å². The van der Waals surface area contributed by atoms with Crippen LogP contribution in [0.15, 0.2) is 21.2 Å². The summed E-state index contributed by atoms with van der Waals surface area (Å²) >= 11 is 3.23. The molecule has 0 saturated carbocycles. The number of rotatable bonds is 3. The summed E-state index contributed by atoms with van der Waals surface area (Å²) in [7, 11) is 0. The smallest absolute Gasteiger partial charge is 0.334 e. The molecule has 1 saturated heterocycles. The van der Waals surface area contributed by atoms with Crippen LogP contribution in [0.5, 0.6) is 0 Å². The summed E-state index contributed by atoms with van der Waals surface area (Å²) in [5, 5.41) is 8.84. The van der Waals surface area contributed by atoms with Gasteiger partial charge < -0.3 is 14.3 Å². The van der Waals surface area contributed by atoms with Crippen molar-refractivity contribution in [2.45, 2.75) is 12.6 Å². The van der Waals surface area contributed by atoms with Crippen LogP contribution < -0.4 is 0 Å². The molecule has 1 N–H and O–H groups in total. The number of furan rings is 1. The van der Waals surface area contributed by atoms with E-state index in [9.17, 15) is 4.79 Å². The molecule has 0 bridgehead atoms. The summed E-state index contributed by atoms with van der Waals surface area (Å²) < 4.78 is 11.2. The highest BCUT2D eigenvalue weighted by Gasteiger charge is 2.26. The van der Waals surface area contributed by atoms with E-state index in [-0.39, 0.29) is 0 Å². The average Bonchev–Trinajstić information content (AvgIpc) is 2.64. The molecule has 1 fully saturated rings. The highest BCUT2D eigenvalue weighted by Crippen LogP contribution is 2.17. The van der Waals surface area contributed by atoms with Gasteiger partial charge in [0.1, 0.15) is 5.76 Å². The maximum absolute atomic E-state index is 10.8. The molecule has 6 heteroatoms. The van der Waals surface area contributed by atoms with Crippen molar-refractivity contribution in [2.24, 2.45) is 0 Å². The fourth-order valence-electron chi connectivity index (χ4n) is 1.65. The van der Waals surface area contributed by atoms with E-state index in [0.29, 0.717) is 24.4 Å². The number of carbonyl (C=O) groups is 1. The number of carboxylic acid groups (broad SMARTS) is 1.